The molecule has 0 aromatic rings. The minimum Gasteiger partial charge on any atom is -0.481 e. The molecule has 2 aliphatic rings. The molecule has 120 valence electrons. The second-order valence-corrected chi connectivity index (χ2v) is 6.21. The van der Waals surface area contributed by atoms with Crippen LogP contribution in [-0.2, 0) is 4.79 Å². The summed E-state index contributed by atoms with van der Waals surface area (Å²) in [5.41, 5.74) is -0.842. The lowest BCUT2D eigenvalue weighted by Gasteiger charge is -2.35. The molecule has 0 spiro atoms. The Morgan fingerprint density at radius 2 is 1.71 bits per heavy atom. The predicted molar refractivity (Wildman–Crippen MR) is 80.2 cm³/mol. The van der Waals surface area contributed by atoms with Crippen molar-refractivity contribution in [2.45, 2.75) is 45.6 Å². The number of rotatable bonds is 6. The monoisotopic (exact) mass is 297 g/mol. The Morgan fingerprint density at radius 1 is 1.14 bits per heavy atom. The molecule has 2 amide bonds. The first-order valence-electron chi connectivity index (χ1n) is 8.02. The van der Waals surface area contributed by atoms with E-state index in [1.807, 2.05) is 13.8 Å². The highest BCUT2D eigenvalue weighted by Crippen LogP contribution is 2.28. The van der Waals surface area contributed by atoms with Gasteiger partial charge in [-0.1, -0.05) is 13.8 Å². The van der Waals surface area contributed by atoms with Gasteiger partial charge in [-0.2, -0.15) is 0 Å². The van der Waals surface area contributed by atoms with Crippen LogP contribution in [0.4, 0.5) is 4.79 Å². The number of carboxylic acids is 1. The Kier molecular flexibility index (Phi) is 5.08. The van der Waals surface area contributed by atoms with E-state index in [0.717, 1.165) is 32.2 Å². The Balaban J connectivity index is 1.80. The molecule has 1 saturated carbocycles. The molecule has 2 rings (SSSR count). The van der Waals surface area contributed by atoms with Gasteiger partial charge >= 0.3 is 12.0 Å². The first-order valence-corrected chi connectivity index (χ1v) is 8.02. The predicted octanol–water partition coefficient (Wildman–Crippen LogP) is 1.37. The van der Waals surface area contributed by atoms with Crippen molar-refractivity contribution >= 4 is 12.0 Å². The van der Waals surface area contributed by atoms with E-state index in [4.69, 9.17) is 0 Å². The van der Waals surface area contributed by atoms with Crippen LogP contribution in [0.1, 0.15) is 39.5 Å². The van der Waals surface area contributed by atoms with E-state index < -0.39 is 11.4 Å². The Labute approximate surface area is 126 Å². The van der Waals surface area contributed by atoms with E-state index in [9.17, 15) is 14.7 Å². The van der Waals surface area contributed by atoms with Gasteiger partial charge in [0, 0.05) is 38.8 Å². The molecule has 1 aliphatic heterocycles. The van der Waals surface area contributed by atoms with Crippen molar-refractivity contribution in [3.63, 3.8) is 0 Å². The highest BCUT2D eigenvalue weighted by molar-refractivity contribution is 5.78. The largest absolute Gasteiger partial charge is 0.481 e. The second-order valence-electron chi connectivity index (χ2n) is 6.21. The molecule has 1 saturated heterocycles. The molecule has 1 aliphatic carbocycles. The molecule has 1 heterocycles. The lowest BCUT2D eigenvalue weighted by Crippen LogP contribution is -2.54. The summed E-state index contributed by atoms with van der Waals surface area (Å²) in [6.07, 6.45) is 3.63. The fraction of sp³-hybridized carbons (Fsp3) is 0.867. The molecule has 0 aromatic carbocycles. The van der Waals surface area contributed by atoms with E-state index in [-0.39, 0.29) is 12.6 Å². The van der Waals surface area contributed by atoms with Gasteiger partial charge in [0.2, 0.25) is 0 Å². The van der Waals surface area contributed by atoms with Crippen LogP contribution >= 0.6 is 0 Å². The molecular formula is C15H27N3O3. The van der Waals surface area contributed by atoms with Crippen LogP contribution in [0.3, 0.4) is 0 Å². The average Bonchev–Trinajstić information content (AvgIpc) is 3.33. The summed E-state index contributed by atoms with van der Waals surface area (Å²) in [5.74, 6) is -0.827. The van der Waals surface area contributed by atoms with Crippen LogP contribution in [0.25, 0.3) is 0 Å². The molecule has 0 aromatic heterocycles. The average molecular weight is 297 g/mol. The highest BCUT2D eigenvalue weighted by atomic mass is 16.4. The second kappa shape index (κ2) is 6.64. The smallest absolute Gasteiger partial charge is 0.317 e. The summed E-state index contributed by atoms with van der Waals surface area (Å²) in [6, 6.07) is 0.619. The van der Waals surface area contributed by atoms with Crippen LogP contribution in [-0.4, -0.2) is 65.7 Å². The van der Waals surface area contributed by atoms with Crippen LogP contribution in [0.2, 0.25) is 0 Å². The summed E-state index contributed by atoms with van der Waals surface area (Å²) in [6.45, 7) is 7.27. The van der Waals surface area contributed by atoms with Gasteiger partial charge in [0.25, 0.3) is 0 Å². The van der Waals surface area contributed by atoms with Crippen molar-refractivity contribution in [3.8, 4) is 0 Å². The van der Waals surface area contributed by atoms with E-state index in [0.29, 0.717) is 12.8 Å². The molecule has 21 heavy (non-hydrogen) atoms. The standard InChI is InChI=1S/C15H27N3O3/c1-3-15(4-2,13(19)20)11-16-14(21)18-9-7-17(8-10-18)12-5-6-12/h12H,3-11H2,1-2H3,(H,16,21)(H,19,20). The summed E-state index contributed by atoms with van der Waals surface area (Å²) in [4.78, 5) is 27.9. The number of aliphatic carboxylic acids is 1. The molecule has 6 heteroatoms. The first kappa shape index (κ1) is 16.1. The van der Waals surface area contributed by atoms with Gasteiger partial charge < -0.3 is 15.3 Å². The Bertz CT molecular complexity index is 384. The van der Waals surface area contributed by atoms with Gasteiger partial charge in [-0.15, -0.1) is 0 Å². The minimum atomic E-state index is -0.842. The third kappa shape index (κ3) is 3.67. The van der Waals surface area contributed by atoms with Gasteiger partial charge in [0.15, 0.2) is 0 Å². The number of urea groups is 1. The van der Waals surface area contributed by atoms with Crippen molar-refractivity contribution < 1.29 is 14.7 Å². The number of piperazine rings is 1. The van der Waals surface area contributed by atoms with Crippen molar-refractivity contribution in [1.29, 1.82) is 0 Å². The highest BCUT2D eigenvalue weighted by Gasteiger charge is 2.36. The molecule has 0 atom stereocenters. The minimum absolute atomic E-state index is 0.127. The number of nitrogens with one attached hydrogen (secondary N) is 1. The Hall–Kier alpha value is -1.30. The van der Waals surface area contributed by atoms with Crippen molar-refractivity contribution in [1.82, 2.24) is 15.1 Å². The van der Waals surface area contributed by atoms with Crippen molar-refractivity contribution in [2.75, 3.05) is 32.7 Å². The third-order valence-corrected chi connectivity index (χ3v) is 5.05. The van der Waals surface area contributed by atoms with E-state index in [1.54, 1.807) is 4.90 Å². The lowest BCUT2D eigenvalue weighted by atomic mass is 9.82. The van der Waals surface area contributed by atoms with Gasteiger partial charge in [0.05, 0.1) is 5.41 Å². The quantitative estimate of drug-likeness (QED) is 0.776. The SMILES string of the molecule is CCC(CC)(CNC(=O)N1CCN(C2CC2)CC1)C(=O)O. The molecule has 6 nitrogen and oxygen atoms in total. The topological polar surface area (TPSA) is 72.9 Å². The van der Waals surface area contributed by atoms with E-state index in [2.05, 4.69) is 10.2 Å². The molecule has 0 radical (unpaired) electrons. The number of hydrogen-bond acceptors (Lipinski definition) is 3. The third-order valence-electron chi connectivity index (χ3n) is 5.05. The van der Waals surface area contributed by atoms with Crippen LogP contribution < -0.4 is 5.32 Å². The van der Waals surface area contributed by atoms with E-state index >= 15 is 0 Å². The number of nitrogens with zero attached hydrogens (tertiary/aromatic N) is 2. The maximum atomic E-state index is 12.2. The van der Waals surface area contributed by atoms with Crippen LogP contribution in [0.15, 0.2) is 0 Å². The summed E-state index contributed by atoms with van der Waals surface area (Å²) in [7, 11) is 0. The Morgan fingerprint density at radius 3 is 2.14 bits per heavy atom. The van der Waals surface area contributed by atoms with Gasteiger partial charge in [-0.3, -0.25) is 9.69 Å². The zero-order chi connectivity index (χ0) is 15.5. The zero-order valence-corrected chi connectivity index (χ0v) is 13.1. The van der Waals surface area contributed by atoms with Crippen LogP contribution in [0, 0.1) is 5.41 Å². The summed E-state index contributed by atoms with van der Waals surface area (Å²) >= 11 is 0. The van der Waals surface area contributed by atoms with Gasteiger partial charge in [0.1, 0.15) is 0 Å². The summed E-state index contributed by atoms with van der Waals surface area (Å²) < 4.78 is 0. The maximum absolute atomic E-state index is 12.2. The first-order chi connectivity index (χ1) is 10.0. The normalized spacial score (nSPS) is 20.4. The molecule has 2 N–H and O–H groups in total. The fourth-order valence-corrected chi connectivity index (χ4v) is 2.96. The number of amides is 2. The van der Waals surface area contributed by atoms with Gasteiger partial charge in [-0.05, 0) is 25.7 Å². The number of carboxylic acid groups (broad SMARTS) is 1. The van der Waals surface area contributed by atoms with Crippen molar-refractivity contribution in [2.24, 2.45) is 5.41 Å². The molecular weight excluding hydrogens is 270 g/mol. The van der Waals surface area contributed by atoms with Crippen LogP contribution in [0.5, 0.6) is 0 Å². The van der Waals surface area contributed by atoms with Gasteiger partial charge in [-0.25, -0.2) is 4.79 Å². The number of carbonyl (C=O) groups is 2. The maximum Gasteiger partial charge on any atom is 0.317 e. The summed E-state index contributed by atoms with van der Waals surface area (Å²) in [5, 5.41) is 12.2. The molecule has 2 fully saturated rings. The molecule has 0 bridgehead atoms. The number of carbonyl (C=O) groups excluding carboxylic acids is 1. The van der Waals surface area contributed by atoms with E-state index in [1.165, 1.54) is 12.8 Å². The molecule has 0 unspecified atom stereocenters. The lowest BCUT2D eigenvalue weighted by molar-refractivity contribution is -0.149. The fourth-order valence-electron chi connectivity index (χ4n) is 2.96. The van der Waals surface area contributed by atoms with Crippen molar-refractivity contribution in [3.05, 3.63) is 0 Å². The zero-order valence-electron chi connectivity index (χ0n) is 13.1. The number of hydrogen-bond donors (Lipinski definition) is 2.